The van der Waals surface area contributed by atoms with Crippen molar-refractivity contribution in [1.29, 1.82) is 0 Å². The lowest BCUT2D eigenvalue weighted by Gasteiger charge is -2.31. The highest BCUT2D eigenvalue weighted by molar-refractivity contribution is 7.18. The number of fused-ring (bicyclic) bond motifs is 1. The molecule has 2 aromatic carbocycles. The molecule has 0 radical (unpaired) electrons. The molecule has 1 aromatic heterocycles. The Hall–Kier alpha value is -2.40. The van der Waals surface area contributed by atoms with Crippen LogP contribution >= 0.6 is 11.3 Å². The summed E-state index contributed by atoms with van der Waals surface area (Å²) in [4.78, 5) is 19.3. The lowest BCUT2D eigenvalue weighted by Crippen LogP contribution is -2.37. The largest absolute Gasteiger partial charge is 0.494 e. The third-order valence-electron chi connectivity index (χ3n) is 5.05. The fourth-order valence-corrected chi connectivity index (χ4v) is 4.67. The summed E-state index contributed by atoms with van der Waals surface area (Å²) < 4.78 is 6.92. The van der Waals surface area contributed by atoms with Crippen LogP contribution in [0.5, 0.6) is 5.75 Å². The summed E-state index contributed by atoms with van der Waals surface area (Å²) in [6.07, 6.45) is 3.32. The van der Waals surface area contributed by atoms with Gasteiger partial charge in [0.1, 0.15) is 5.75 Å². The topological polar surface area (TPSA) is 42.4 Å². The van der Waals surface area contributed by atoms with Crippen LogP contribution in [0.25, 0.3) is 10.2 Å². The zero-order chi connectivity index (χ0) is 18.5. The van der Waals surface area contributed by atoms with Crippen molar-refractivity contribution in [2.24, 2.45) is 0 Å². The Labute approximate surface area is 163 Å². The molecule has 4 nitrogen and oxygen atoms in total. The number of ether oxygens (including phenoxy) is 1. The normalized spacial score (nSPS) is 15.2. The summed E-state index contributed by atoms with van der Waals surface area (Å²) in [7, 11) is 0. The Morgan fingerprint density at radius 2 is 1.81 bits per heavy atom. The Kier molecular flexibility index (Phi) is 5.68. The first-order valence-electron chi connectivity index (χ1n) is 9.61. The number of piperidine rings is 1. The molecule has 4 rings (SSSR count). The minimum absolute atomic E-state index is 0.245. The third kappa shape index (κ3) is 4.48. The van der Waals surface area contributed by atoms with Crippen LogP contribution in [-0.4, -0.2) is 35.5 Å². The number of hydrogen-bond acceptors (Lipinski definition) is 4. The number of aromatic nitrogens is 1. The quantitative estimate of drug-likeness (QED) is 0.574. The van der Waals surface area contributed by atoms with Crippen LogP contribution in [0.15, 0.2) is 54.6 Å². The lowest BCUT2D eigenvalue weighted by atomic mass is 9.97. The zero-order valence-electron chi connectivity index (χ0n) is 15.3. The van der Waals surface area contributed by atoms with Crippen LogP contribution in [-0.2, 0) is 4.79 Å². The van der Waals surface area contributed by atoms with Crippen molar-refractivity contribution >= 4 is 27.5 Å². The predicted octanol–water partition coefficient (Wildman–Crippen LogP) is 4.86. The molecular formula is C22H24N2O2S. The van der Waals surface area contributed by atoms with Gasteiger partial charge in [-0.15, -0.1) is 11.3 Å². The molecule has 1 amide bonds. The molecule has 0 spiro atoms. The molecule has 140 valence electrons. The summed E-state index contributed by atoms with van der Waals surface area (Å²) >= 11 is 1.80. The maximum Gasteiger partial charge on any atom is 0.222 e. The SMILES string of the molecule is O=C(CCCOc1ccccc1)N1CCC(c2nc3ccccc3s2)CC1. The van der Waals surface area contributed by atoms with E-state index in [1.807, 2.05) is 41.3 Å². The number of rotatable bonds is 6. The zero-order valence-corrected chi connectivity index (χ0v) is 16.2. The predicted molar refractivity (Wildman–Crippen MR) is 109 cm³/mol. The van der Waals surface area contributed by atoms with E-state index in [1.165, 1.54) is 9.71 Å². The Morgan fingerprint density at radius 3 is 2.59 bits per heavy atom. The van der Waals surface area contributed by atoms with Gasteiger partial charge in [-0.2, -0.15) is 0 Å². The maximum absolute atomic E-state index is 12.5. The van der Waals surface area contributed by atoms with Gasteiger partial charge in [0.05, 0.1) is 21.8 Å². The summed E-state index contributed by atoms with van der Waals surface area (Å²) in [6, 6.07) is 18.1. The number of thiazole rings is 1. The van der Waals surface area contributed by atoms with E-state index in [2.05, 4.69) is 18.2 Å². The van der Waals surface area contributed by atoms with Crippen molar-refractivity contribution in [3.63, 3.8) is 0 Å². The second-order valence-electron chi connectivity index (χ2n) is 6.94. The van der Waals surface area contributed by atoms with Crippen molar-refractivity contribution in [2.75, 3.05) is 19.7 Å². The number of amides is 1. The first-order chi connectivity index (χ1) is 13.3. The van der Waals surface area contributed by atoms with Crippen molar-refractivity contribution in [2.45, 2.75) is 31.6 Å². The summed E-state index contributed by atoms with van der Waals surface area (Å²) in [5, 5.41) is 1.22. The van der Waals surface area contributed by atoms with E-state index < -0.39 is 0 Å². The minimum atomic E-state index is 0.245. The van der Waals surface area contributed by atoms with Crippen LogP contribution < -0.4 is 4.74 Å². The molecule has 27 heavy (non-hydrogen) atoms. The molecule has 1 aliphatic heterocycles. The van der Waals surface area contributed by atoms with Crippen molar-refractivity contribution in [3.8, 4) is 5.75 Å². The summed E-state index contributed by atoms with van der Waals surface area (Å²) in [6.45, 7) is 2.25. The average molecular weight is 381 g/mol. The van der Waals surface area contributed by atoms with E-state index in [0.717, 1.165) is 43.6 Å². The number of hydrogen-bond donors (Lipinski definition) is 0. The van der Waals surface area contributed by atoms with Crippen molar-refractivity contribution < 1.29 is 9.53 Å². The third-order valence-corrected chi connectivity index (χ3v) is 6.25. The molecule has 2 heterocycles. The van der Waals surface area contributed by atoms with Crippen LogP contribution in [0.1, 0.15) is 36.6 Å². The van der Waals surface area contributed by atoms with Crippen LogP contribution in [0, 0.1) is 0 Å². The molecule has 3 aromatic rings. The minimum Gasteiger partial charge on any atom is -0.494 e. The van der Waals surface area contributed by atoms with E-state index in [9.17, 15) is 4.79 Å². The van der Waals surface area contributed by atoms with Gasteiger partial charge in [0.15, 0.2) is 0 Å². The standard InChI is InChI=1S/C22H24N2O2S/c25-21(11-6-16-26-18-7-2-1-3-8-18)24-14-12-17(13-15-24)22-23-19-9-4-5-10-20(19)27-22/h1-5,7-10,17H,6,11-16H2. The van der Waals surface area contributed by atoms with Crippen LogP contribution in [0.3, 0.4) is 0 Å². The highest BCUT2D eigenvalue weighted by atomic mass is 32.1. The molecule has 1 fully saturated rings. The maximum atomic E-state index is 12.5. The second kappa shape index (κ2) is 8.53. The lowest BCUT2D eigenvalue weighted by molar-refractivity contribution is -0.132. The molecule has 0 aliphatic carbocycles. The molecule has 0 unspecified atom stereocenters. The van der Waals surface area contributed by atoms with Gasteiger partial charge < -0.3 is 9.64 Å². The van der Waals surface area contributed by atoms with Gasteiger partial charge in [0, 0.05) is 25.4 Å². The fourth-order valence-electron chi connectivity index (χ4n) is 3.53. The van der Waals surface area contributed by atoms with E-state index in [1.54, 1.807) is 11.3 Å². The number of carbonyl (C=O) groups excluding carboxylic acids is 1. The fraction of sp³-hybridized carbons (Fsp3) is 0.364. The summed E-state index contributed by atoms with van der Waals surface area (Å²) in [5.41, 5.74) is 1.09. The molecular weight excluding hydrogens is 356 g/mol. The van der Waals surface area contributed by atoms with E-state index in [4.69, 9.17) is 9.72 Å². The van der Waals surface area contributed by atoms with Gasteiger partial charge >= 0.3 is 0 Å². The van der Waals surface area contributed by atoms with Gasteiger partial charge in [0.25, 0.3) is 0 Å². The molecule has 1 aliphatic rings. The summed E-state index contributed by atoms with van der Waals surface area (Å²) in [5.74, 6) is 1.59. The van der Waals surface area contributed by atoms with Crippen molar-refractivity contribution in [1.82, 2.24) is 9.88 Å². The number of benzene rings is 2. The van der Waals surface area contributed by atoms with Gasteiger partial charge in [0.2, 0.25) is 5.91 Å². The van der Waals surface area contributed by atoms with E-state index in [-0.39, 0.29) is 5.91 Å². The molecule has 5 heteroatoms. The monoisotopic (exact) mass is 380 g/mol. The van der Waals surface area contributed by atoms with E-state index in [0.29, 0.717) is 18.9 Å². The Balaban J connectivity index is 1.22. The molecule has 0 bridgehead atoms. The highest BCUT2D eigenvalue weighted by Crippen LogP contribution is 2.33. The van der Waals surface area contributed by atoms with Crippen molar-refractivity contribution in [3.05, 3.63) is 59.6 Å². The van der Waals surface area contributed by atoms with Crippen LogP contribution in [0.4, 0.5) is 0 Å². The Bertz CT molecular complexity index is 852. The molecule has 1 saturated heterocycles. The Morgan fingerprint density at radius 1 is 1.07 bits per heavy atom. The van der Waals surface area contributed by atoms with Gasteiger partial charge in [-0.3, -0.25) is 4.79 Å². The number of para-hydroxylation sites is 2. The first-order valence-corrected chi connectivity index (χ1v) is 10.4. The second-order valence-corrected chi connectivity index (χ2v) is 8.00. The smallest absolute Gasteiger partial charge is 0.222 e. The average Bonchev–Trinajstić information content (AvgIpc) is 3.16. The van der Waals surface area contributed by atoms with Gasteiger partial charge in [-0.05, 0) is 43.5 Å². The van der Waals surface area contributed by atoms with E-state index >= 15 is 0 Å². The van der Waals surface area contributed by atoms with Gasteiger partial charge in [-0.1, -0.05) is 30.3 Å². The molecule has 0 N–H and O–H groups in total. The number of nitrogens with zero attached hydrogens (tertiary/aromatic N) is 2. The first kappa shape index (κ1) is 18.0. The van der Waals surface area contributed by atoms with Gasteiger partial charge in [-0.25, -0.2) is 4.98 Å². The van der Waals surface area contributed by atoms with Crippen LogP contribution in [0.2, 0.25) is 0 Å². The number of likely N-dealkylation sites (tertiary alicyclic amines) is 1. The number of carbonyl (C=O) groups is 1. The highest BCUT2D eigenvalue weighted by Gasteiger charge is 2.25. The molecule has 0 saturated carbocycles. The molecule has 0 atom stereocenters.